The molecule has 0 radical (unpaired) electrons. The first-order chi connectivity index (χ1) is 7.20. The third-order valence-corrected chi connectivity index (χ3v) is 3.35. The fraction of sp³-hybridized carbons (Fsp3) is 0.700. The molecule has 0 aromatic carbocycles. The summed E-state index contributed by atoms with van der Waals surface area (Å²) in [5.41, 5.74) is 5.54. The van der Waals surface area contributed by atoms with Crippen LogP contribution in [0.25, 0.3) is 0 Å². The van der Waals surface area contributed by atoms with E-state index in [4.69, 9.17) is 22.1 Å². The molecule has 1 aliphatic carbocycles. The Morgan fingerprint density at radius 1 is 1.67 bits per heavy atom. The third kappa shape index (κ3) is 2.33. The molecule has 0 unspecified atom stereocenters. The molecule has 1 heterocycles. The number of rotatable bonds is 4. The van der Waals surface area contributed by atoms with Gasteiger partial charge in [-0.25, -0.2) is 4.98 Å². The van der Waals surface area contributed by atoms with Gasteiger partial charge in [-0.2, -0.15) is 0 Å². The van der Waals surface area contributed by atoms with Crippen LogP contribution in [0.5, 0.6) is 0 Å². The van der Waals surface area contributed by atoms with E-state index in [1.54, 1.807) is 6.20 Å². The van der Waals surface area contributed by atoms with Gasteiger partial charge in [0.15, 0.2) is 0 Å². The maximum absolute atomic E-state index is 5.87. The number of aromatic nitrogens is 2. The van der Waals surface area contributed by atoms with Crippen molar-refractivity contribution in [1.29, 1.82) is 0 Å². The number of nitrogens with two attached hydrogens (primary N) is 1. The van der Waals surface area contributed by atoms with Gasteiger partial charge in [0.2, 0.25) is 0 Å². The van der Waals surface area contributed by atoms with Gasteiger partial charge in [0.05, 0.1) is 12.3 Å². The summed E-state index contributed by atoms with van der Waals surface area (Å²) in [4.78, 5) is 4.17. The lowest BCUT2D eigenvalue weighted by Gasteiger charge is -2.34. The van der Waals surface area contributed by atoms with E-state index in [9.17, 15) is 0 Å². The molecule has 0 amide bonds. The summed E-state index contributed by atoms with van der Waals surface area (Å²) in [6.07, 6.45) is 4.15. The van der Waals surface area contributed by atoms with E-state index in [2.05, 4.69) is 4.98 Å². The van der Waals surface area contributed by atoms with E-state index in [1.165, 1.54) is 0 Å². The second-order valence-electron chi connectivity index (χ2n) is 4.06. The highest BCUT2D eigenvalue weighted by atomic mass is 35.5. The number of hydrogen-bond acceptors (Lipinski definition) is 3. The first-order valence-electron chi connectivity index (χ1n) is 5.18. The quantitative estimate of drug-likeness (QED) is 0.848. The molecule has 0 bridgehead atoms. The minimum absolute atomic E-state index is 0.356. The maximum atomic E-state index is 5.87. The number of hydrogen-bond donors (Lipinski definition) is 1. The van der Waals surface area contributed by atoms with Gasteiger partial charge in [0.25, 0.3) is 0 Å². The van der Waals surface area contributed by atoms with Crippen molar-refractivity contribution in [2.45, 2.75) is 25.6 Å². The molecule has 84 valence electrons. The van der Waals surface area contributed by atoms with Crippen LogP contribution in [-0.2, 0) is 18.4 Å². The Morgan fingerprint density at radius 3 is 2.93 bits per heavy atom. The Balaban J connectivity index is 1.77. The van der Waals surface area contributed by atoms with Gasteiger partial charge in [-0.15, -0.1) is 0 Å². The first kappa shape index (κ1) is 10.9. The summed E-state index contributed by atoms with van der Waals surface area (Å²) < 4.78 is 7.53. The van der Waals surface area contributed by atoms with Crippen molar-refractivity contribution < 1.29 is 4.74 Å². The Bertz CT molecular complexity index is 333. The van der Waals surface area contributed by atoms with Gasteiger partial charge in [-0.05, 0) is 25.3 Å². The van der Waals surface area contributed by atoms with Gasteiger partial charge < -0.3 is 15.0 Å². The van der Waals surface area contributed by atoms with E-state index in [-0.39, 0.29) is 0 Å². The normalized spacial score (nSPS) is 25.3. The highest BCUT2D eigenvalue weighted by Crippen LogP contribution is 2.29. The molecule has 1 aromatic rings. The van der Waals surface area contributed by atoms with Crippen molar-refractivity contribution in [2.75, 3.05) is 6.54 Å². The molecule has 2 rings (SSSR count). The highest BCUT2D eigenvalue weighted by molar-refractivity contribution is 6.29. The smallest absolute Gasteiger partial charge is 0.135 e. The van der Waals surface area contributed by atoms with Crippen LogP contribution in [0.3, 0.4) is 0 Å². The predicted molar refractivity (Wildman–Crippen MR) is 58.6 cm³/mol. The Labute approximate surface area is 94.4 Å². The molecule has 15 heavy (non-hydrogen) atoms. The minimum Gasteiger partial charge on any atom is -0.370 e. The van der Waals surface area contributed by atoms with E-state index < -0.39 is 0 Å². The lowest BCUT2D eigenvalue weighted by Crippen LogP contribution is -2.35. The van der Waals surface area contributed by atoms with E-state index >= 15 is 0 Å². The van der Waals surface area contributed by atoms with Crippen LogP contribution >= 0.6 is 11.6 Å². The molecule has 5 heteroatoms. The molecule has 0 atom stereocenters. The van der Waals surface area contributed by atoms with E-state index in [1.807, 2.05) is 11.6 Å². The lowest BCUT2D eigenvalue weighted by atomic mass is 9.82. The zero-order valence-electron chi connectivity index (χ0n) is 8.82. The van der Waals surface area contributed by atoms with Crippen LogP contribution in [-0.4, -0.2) is 22.2 Å². The monoisotopic (exact) mass is 229 g/mol. The van der Waals surface area contributed by atoms with Crippen LogP contribution in [0.2, 0.25) is 5.15 Å². The minimum atomic E-state index is 0.356. The zero-order chi connectivity index (χ0) is 10.8. The zero-order valence-corrected chi connectivity index (χ0v) is 9.57. The van der Waals surface area contributed by atoms with E-state index in [0.717, 1.165) is 25.2 Å². The molecular formula is C10H16ClN3O. The summed E-state index contributed by atoms with van der Waals surface area (Å²) in [6.45, 7) is 1.30. The number of imidazole rings is 1. The second-order valence-corrected chi connectivity index (χ2v) is 4.45. The molecule has 1 saturated carbocycles. The maximum Gasteiger partial charge on any atom is 0.135 e. The number of halogens is 1. The van der Waals surface area contributed by atoms with Crippen molar-refractivity contribution in [3.63, 3.8) is 0 Å². The highest BCUT2D eigenvalue weighted by Gasteiger charge is 2.28. The van der Waals surface area contributed by atoms with Gasteiger partial charge in [0, 0.05) is 7.05 Å². The second kappa shape index (κ2) is 4.51. The van der Waals surface area contributed by atoms with Gasteiger partial charge in [-0.3, -0.25) is 0 Å². The molecule has 0 aliphatic heterocycles. The SMILES string of the molecule is Cn1c(Cl)cnc1COC1CC(CN)C1. The third-order valence-electron chi connectivity index (χ3n) is 3.00. The van der Waals surface area contributed by atoms with Gasteiger partial charge in [0.1, 0.15) is 17.6 Å². The summed E-state index contributed by atoms with van der Waals surface area (Å²) in [5.74, 6) is 1.52. The van der Waals surface area contributed by atoms with Gasteiger partial charge in [-0.1, -0.05) is 11.6 Å². The molecule has 0 saturated heterocycles. The molecule has 4 nitrogen and oxygen atoms in total. The standard InChI is InChI=1S/C10H16ClN3O/c1-14-9(11)5-13-10(14)6-15-8-2-7(3-8)4-12/h5,7-8H,2-4,6,12H2,1H3. The topological polar surface area (TPSA) is 53.1 Å². The lowest BCUT2D eigenvalue weighted by molar-refractivity contribution is -0.0406. The summed E-state index contributed by atoms with van der Waals surface area (Å²) in [6, 6.07) is 0. The summed E-state index contributed by atoms with van der Waals surface area (Å²) in [5, 5.41) is 0.641. The molecule has 2 N–H and O–H groups in total. The molecule has 1 aliphatic rings. The fourth-order valence-corrected chi connectivity index (χ4v) is 1.90. The van der Waals surface area contributed by atoms with Crippen molar-refractivity contribution in [2.24, 2.45) is 18.7 Å². The fourth-order valence-electron chi connectivity index (χ4n) is 1.75. The summed E-state index contributed by atoms with van der Waals surface area (Å²) >= 11 is 5.87. The van der Waals surface area contributed by atoms with Crippen LogP contribution < -0.4 is 5.73 Å². The Kier molecular flexibility index (Phi) is 3.29. The largest absolute Gasteiger partial charge is 0.370 e. The average Bonchev–Trinajstić information content (AvgIpc) is 2.47. The Hall–Kier alpha value is -0.580. The predicted octanol–water partition coefficient (Wildman–Crippen LogP) is 1.33. The number of nitrogens with zero attached hydrogens (tertiary/aromatic N) is 2. The van der Waals surface area contributed by atoms with Crippen LogP contribution in [0.1, 0.15) is 18.7 Å². The molecule has 1 fully saturated rings. The van der Waals surface area contributed by atoms with Crippen molar-refractivity contribution in [3.05, 3.63) is 17.2 Å². The molecule has 0 spiro atoms. The van der Waals surface area contributed by atoms with E-state index in [0.29, 0.717) is 23.8 Å². The number of ether oxygens (including phenoxy) is 1. The molecule has 1 aromatic heterocycles. The van der Waals surface area contributed by atoms with Crippen LogP contribution in [0.4, 0.5) is 0 Å². The van der Waals surface area contributed by atoms with Crippen molar-refractivity contribution in [1.82, 2.24) is 9.55 Å². The molecular weight excluding hydrogens is 214 g/mol. The first-order valence-corrected chi connectivity index (χ1v) is 5.56. The Morgan fingerprint density at radius 2 is 2.40 bits per heavy atom. The van der Waals surface area contributed by atoms with Crippen molar-refractivity contribution in [3.8, 4) is 0 Å². The van der Waals surface area contributed by atoms with Gasteiger partial charge >= 0.3 is 0 Å². The average molecular weight is 230 g/mol. The van der Waals surface area contributed by atoms with Crippen molar-refractivity contribution >= 4 is 11.6 Å². The van der Waals surface area contributed by atoms with Crippen LogP contribution in [0.15, 0.2) is 6.20 Å². The summed E-state index contributed by atoms with van der Waals surface area (Å²) in [7, 11) is 1.89. The van der Waals surface area contributed by atoms with Crippen LogP contribution in [0, 0.1) is 5.92 Å².